The van der Waals surface area contributed by atoms with Gasteiger partial charge >= 0.3 is 0 Å². The van der Waals surface area contributed by atoms with E-state index in [1.54, 1.807) is 28.3 Å². The summed E-state index contributed by atoms with van der Waals surface area (Å²) in [5.41, 5.74) is 6.23. The largest absolute Gasteiger partial charge is 0.321 e. The van der Waals surface area contributed by atoms with Gasteiger partial charge in [0.2, 0.25) is 0 Å². The first-order valence-corrected chi connectivity index (χ1v) is 12.0. The summed E-state index contributed by atoms with van der Waals surface area (Å²) in [7, 11) is 0. The van der Waals surface area contributed by atoms with Gasteiger partial charge < -0.3 is 5.32 Å². The number of amides is 1. The van der Waals surface area contributed by atoms with Gasteiger partial charge in [0.05, 0.1) is 26.1 Å². The highest BCUT2D eigenvalue weighted by Crippen LogP contribution is 2.31. The number of hydrogen-bond acceptors (Lipinski definition) is 5. The van der Waals surface area contributed by atoms with Crippen LogP contribution in [-0.4, -0.2) is 30.5 Å². The zero-order valence-electron chi connectivity index (χ0n) is 18.3. The Morgan fingerprint density at radius 3 is 2.58 bits per heavy atom. The van der Waals surface area contributed by atoms with E-state index in [1.165, 1.54) is 10.3 Å². The number of fused-ring (bicyclic) bond motifs is 1. The van der Waals surface area contributed by atoms with Gasteiger partial charge in [-0.2, -0.15) is 10.2 Å². The summed E-state index contributed by atoms with van der Waals surface area (Å²) in [4.78, 5) is 17.4. The fourth-order valence-corrected chi connectivity index (χ4v) is 4.91. The fraction of sp³-hybridized carbons (Fsp3) is 0.167. The smallest absolute Gasteiger partial charge is 0.276 e. The average Bonchev–Trinajstić information content (AvgIpc) is 3.50. The molecule has 1 N–H and O–H groups in total. The van der Waals surface area contributed by atoms with Crippen molar-refractivity contribution in [1.82, 2.24) is 24.5 Å². The lowest BCUT2D eigenvalue weighted by Gasteiger charge is -2.05. The van der Waals surface area contributed by atoms with E-state index >= 15 is 0 Å². The van der Waals surface area contributed by atoms with Crippen LogP contribution < -0.4 is 5.32 Å². The summed E-state index contributed by atoms with van der Waals surface area (Å²) >= 11 is 5.20. The van der Waals surface area contributed by atoms with E-state index in [9.17, 15) is 4.79 Å². The maximum Gasteiger partial charge on any atom is 0.276 e. The summed E-state index contributed by atoms with van der Waals surface area (Å²) in [6.45, 7) is 6.44. The molecule has 5 rings (SSSR count). The maximum atomic E-state index is 12.7. The van der Waals surface area contributed by atoms with Crippen molar-refractivity contribution < 1.29 is 4.79 Å². The van der Waals surface area contributed by atoms with Crippen molar-refractivity contribution in [1.29, 1.82) is 0 Å². The van der Waals surface area contributed by atoms with Crippen LogP contribution in [0.15, 0.2) is 59.2 Å². The SMILES string of the molecule is Cc1ccc2nc(-c3ccc(NC(=O)c4ccn(Cn5nc(C)c(Br)c5C)n4)cc3)sc2c1. The number of carbonyl (C=O) groups is 1. The zero-order valence-corrected chi connectivity index (χ0v) is 20.7. The minimum atomic E-state index is -0.258. The number of thiazole rings is 1. The number of anilines is 1. The molecule has 1 amide bonds. The Bertz CT molecular complexity index is 1480. The first kappa shape index (κ1) is 21.5. The van der Waals surface area contributed by atoms with Gasteiger partial charge in [0, 0.05) is 17.4 Å². The van der Waals surface area contributed by atoms with Crippen LogP contribution >= 0.6 is 27.3 Å². The summed E-state index contributed by atoms with van der Waals surface area (Å²) in [6, 6.07) is 15.7. The van der Waals surface area contributed by atoms with Crippen LogP contribution in [0.5, 0.6) is 0 Å². The Kier molecular flexibility index (Phi) is 5.59. The molecule has 0 atom stereocenters. The molecule has 0 saturated heterocycles. The number of carbonyl (C=O) groups excluding carboxylic acids is 1. The third kappa shape index (κ3) is 4.34. The average molecular weight is 521 g/mol. The molecule has 0 aliphatic heterocycles. The van der Waals surface area contributed by atoms with E-state index in [1.807, 2.05) is 48.9 Å². The maximum absolute atomic E-state index is 12.7. The van der Waals surface area contributed by atoms with Gasteiger partial charge in [0.25, 0.3) is 5.91 Å². The number of halogens is 1. The lowest BCUT2D eigenvalue weighted by atomic mass is 10.2. The molecule has 0 aliphatic carbocycles. The molecule has 0 spiro atoms. The van der Waals surface area contributed by atoms with Crippen molar-refractivity contribution in [2.24, 2.45) is 0 Å². The molecule has 166 valence electrons. The van der Waals surface area contributed by atoms with E-state index in [4.69, 9.17) is 4.98 Å². The van der Waals surface area contributed by atoms with Crippen LogP contribution in [-0.2, 0) is 6.67 Å². The van der Waals surface area contributed by atoms with Gasteiger partial charge in [-0.3, -0.25) is 9.48 Å². The van der Waals surface area contributed by atoms with E-state index in [2.05, 4.69) is 50.5 Å². The van der Waals surface area contributed by atoms with Crippen LogP contribution in [0.25, 0.3) is 20.8 Å². The number of nitrogens with one attached hydrogen (secondary N) is 1. The Morgan fingerprint density at radius 1 is 1.06 bits per heavy atom. The second-order valence-corrected chi connectivity index (χ2v) is 9.71. The predicted octanol–water partition coefficient (Wildman–Crippen LogP) is 5.80. The van der Waals surface area contributed by atoms with Crippen molar-refractivity contribution in [3.05, 3.63) is 81.8 Å². The molecule has 9 heteroatoms. The molecular formula is C24H21BrN6OS. The molecule has 3 aromatic heterocycles. The Morgan fingerprint density at radius 2 is 1.85 bits per heavy atom. The second-order valence-electron chi connectivity index (χ2n) is 7.89. The second kappa shape index (κ2) is 8.57. The topological polar surface area (TPSA) is 77.6 Å². The molecule has 2 aromatic carbocycles. The highest BCUT2D eigenvalue weighted by Gasteiger charge is 2.13. The van der Waals surface area contributed by atoms with E-state index in [0.29, 0.717) is 18.1 Å². The lowest BCUT2D eigenvalue weighted by Crippen LogP contribution is -2.15. The van der Waals surface area contributed by atoms with Crippen molar-refractivity contribution in [3.8, 4) is 10.6 Å². The zero-order chi connectivity index (χ0) is 23.1. The van der Waals surface area contributed by atoms with E-state index < -0.39 is 0 Å². The van der Waals surface area contributed by atoms with Crippen molar-refractivity contribution in [2.45, 2.75) is 27.4 Å². The number of benzene rings is 2. The molecule has 5 aromatic rings. The quantitative estimate of drug-likeness (QED) is 0.317. The van der Waals surface area contributed by atoms with Crippen LogP contribution in [0.3, 0.4) is 0 Å². The van der Waals surface area contributed by atoms with Gasteiger partial charge in [-0.25, -0.2) is 9.67 Å². The summed E-state index contributed by atoms with van der Waals surface area (Å²) in [5.74, 6) is -0.258. The van der Waals surface area contributed by atoms with Crippen LogP contribution in [0.4, 0.5) is 5.69 Å². The molecule has 0 fully saturated rings. The molecular weight excluding hydrogens is 500 g/mol. The van der Waals surface area contributed by atoms with Gasteiger partial charge in [-0.15, -0.1) is 11.3 Å². The summed E-state index contributed by atoms with van der Waals surface area (Å²) in [5, 5.41) is 12.8. The van der Waals surface area contributed by atoms with Crippen LogP contribution in [0, 0.1) is 20.8 Å². The normalized spacial score (nSPS) is 11.3. The standard InChI is InChI=1S/C24H21BrN6OS/c1-14-4-9-19-21(12-14)33-24(27-19)17-5-7-18(8-6-17)26-23(32)20-10-11-30(29-20)13-31-16(3)22(25)15(2)28-31/h4-12H,13H2,1-3H3,(H,26,32). The minimum Gasteiger partial charge on any atom is -0.321 e. The van der Waals surface area contributed by atoms with Crippen LogP contribution in [0.2, 0.25) is 0 Å². The van der Waals surface area contributed by atoms with Crippen molar-refractivity contribution in [2.75, 3.05) is 5.32 Å². The number of nitrogens with zero attached hydrogens (tertiary/aromatic N) is 5. The predicted molar refractivity (Wildman–Crippen MR) is 135 cm³/mol. The molecule has 7 nitrogen and oxygen atoms in total. The molecule has 3 heterocycles. The minimum absolute atomic E-state index is 0.258. The van der Waals surface area contributed by atoms with Crippen molar-refractivity contribution in [3.63, 3.8) is 0 Å². The fourth-order valence-electron chi connectivity index (χ4n) is 3.56. The van der Waals surface area contributed by atoms with Gasteiger partial charge in [0.15, 0.2) is 5.69 Å². The van der Waals surface area contributed by atoms with E-state index in [-0.39, 0.29) is 5.91 Å². The molecule has 0 unspecified atom stereocenters. The third-order valence-electron chi connectivity index (χ3n) is 5.38. The first-order chi connectivity index (χ1) is 15.9. The van der Waals surface area contributed by atoms with Crippen molar-refractivity contribution >= 4 is 49.1 Å². The number of aromatic nitrogens is 5. The Hall–Kier alpha value is -3.30. The molecule has 0 aliphatic rings. The Labute approximate surface area is 203 Å². The summed E-state index contributed by atoms with van der Waals surface area (Å²) < 4.78 is 5.69. The highest BCUT2D eigenvalue weighted by atomic mass is 79.9. The number of aryl methyl sites for hydroxylation is 2. The Balaban J connectivity index is 1.27. The first-order valence-electron chi connectivity index (χ1n) is 10.4. The third-order valence-corrected chi connectivity index (χ3v) is 7.59. The summed E-state index contributed by atoms with van der Waals surface area (Å²) in [6.07, 6.45) is 1.78. The van der Waals surface area contributed by atoms with E-state index in [0.717, 1.165) is 31.9 Å². The molecule has 0 radical (unpaired) electrons. The monoisotopic (exact) mass is 520 g/mol. The highest BCUT2D eigenvalue weighted by molar-refractivity contribution is 9.10. The lowest BCUT2D eigenvalue weighted by molar-refractivity contribution is 0.102. The van der Waals surface area contributed by atoms with Gasteiger partial charge in [0.1, 0.15) is 11.7 Å². The van der Waals surface area contributed by atoms with Gasteiger partial charge in [-0.05, 0) is 84.7 Å². The number of rotatable bonds is 5. The molecule has 0 bridgehead atoms. The molecule has 33 heavy (non-hydrogen) atoms. The van der Waals surface area contributed by atoms with Gasteiger partial charge in [-0.1, -0.05) is 6.07 Å². The number of hydrogen-bond donors (Lipinski definition) is 1. The van der Waals surface area contributed by atoms with Crippen LogP contribution in [0.1, 0.15) is 27.4 Å². The molecule has 0 saturated carbocycles.